The quantitative estimate of drug-likeness (QED) is 0.867. The maximum absolute atomic E-state index is 11.6. The first-order valence-electron chi connectivity index (χ1n) is 6.09. The highest BCUT2D eigenvalue weighted by Gasteiger charge is 2.25. The first-order valence-corrected chi connectivity index (χ1v) is 6.85. The third-order valence-electron chi connectivity index (χ3n) is 2.74. The highest BCUT2D eigenvalue weighted by molar-refractivity contribution is 6.36. The van der Waals surface area contributed by atoms with E-state index in [1.165, 1.54) is 6.07 Å². The largest absolute Gasteiger partial charge is 0.454 e. The number of carbonyl (C=O) groups is 2. The Morgan fingerprint density at radius 2 is 2.20 bits per heavy atom. The number of benzene rings is 1. The molecule has 20 heavy (non-hydrogen) atoms. The van der Waals surface area contributed by atoms with Crippen molar-refractivity contribution < 1.29 is 19.1 Å². The molecule has 0 unspecified atom stereocenters. The Labute approximate surface area is 126 Å². The zero-order valence-corrected chi connectivity index (χ0v) is 12.0. The summed E-state index contributed by atoms with van der Waals surface area (Å²) in [6.45, 7) is 0.171. The second kappa shape index (κ2) is 6.92. The van der Waals surface area contributed by atoms with E-state index in [0.29, 0.717) is 28.8 Å². The zero-order valence-electron chi connectivity index (χ0n) is 10.5. The van der Waals surface area contributed by atoms with Gasteiger partial charge in [0.25, 0.3) is 5.91 Å². The summed E-state index contributed by atoms with van der Waals surface area (Å²) in [5.74, 6) is -0.986. The Bertz CT molecular complexity index is 515. The van der Waals surface area contributed by atoms with Crippen LogP contribution >= 0.6 is 23.2 Å². The fraction of sp³-hybridized carbons (Fsp3) is 0.385. The second-order valence-electron chi connectivity index (χ2n) is 4.28. The number of hydrogen-bond donors (Lipinski definition) is 1. The fourth-order valence-electron chi connectivity index (χ4n) is 1.77. The lowest BCUT2D eigenvalue weighted by atomic mass is 10.2. The number of nitrogens with one attached hydrogen (secondary N) is 1. The van der Waals surface area contributed by atoms with Gasteiger partial charge < -0.3 is 14.8 Å². The zero-order chi connectivity index (χ0) is 14.5. The highest BCUT2D eigenvalue weighted by atomic mass is 35.5. The molecule has 1 fully saturated rings. The van der Waals surface area contributed by atoms with Crippen molar-refractivity contribution in [3.05, 3.63) is 28.2 Å². The van der Waals surface area contributed by atoms with Crippen molar-refractivity contribution >= 4 is 40.8 Å². The molecule has 1 heterocycles. The summed E-state index contributed by atoms with van der Waals surface area (Å²) in [7, 11) is 0. The van der Waals surface area contributed by atoms with Crippen LogP contribution in [0.4, 0.5) is 5.69 Å². The molecule has 1 aliphatic heterocycles. The van der Waals surface area contributed by atoms with Gasteiger partial charge in [0.05, 0.1) is 10.7 Å². The molecule has 1 N–H and O–H groups in total. The van der Waals surface area contributed by atoms with Gasteiger partial charge in [-0.2, -0.15) is 0 Å². The van der Waals surface area contributed by atoms with Gasteiger partial charge in [-0.15, -0.1) is 0 Å². The second-order valence-corrected chi connectivity index (χ2v) is 5.13. The summed E-state index contributed by atoms with van der Waals surface area (Å²) in [5.41, 5.74) is 0.411. The topological polar surface area (TPSA) is 64.6 Å². The van der Waals surface area contributed by atoms with E-state index in [4.69, 9.17) is 32.7 Å². The summed E-state index contributed by atoms with van der Waals surface area (Å²) in [6.07, 6.45) is 0.900. The van der Waals surface area contributed by atoms with E-state index in [-0.39, 0.29) is 6.61 Å². The molecular formula is C13H13Cl2NO4. The predicted octanol–water partition coefficient (Wildman–Crippen LogP) is 2.65. The molecule has 2 rings (SSSR count). The predicted molar refractivity (Wildman–Crippen MR) is 75.0 cm³/mol. The Morgan fingerprint density at radius 1 is 1.40 bits per heavy atom. The number of carbonyl (C=O) groups excluding carboxylic acids is 2. The van der Waals surface area contributed by atoms with E-state index in [9.17, 15) is 9.59 Å². The van der Waals surface area contributed by atoms with Crippen molar-refractivity contribution in [3.63, 3.8) is 0 Å². The van der Waals surface area contributed by atoms with Crippen LogP contribution in [0.2, 0.25) is 10.0 Å². The summed E-state index contributed by atoms with van der Waals surface area (Å²) in [5, 5.41) is 3.32. The lowest BCUT2D eigenvalue weighted by Gasteiger charge is -2.10. The molecule has 1 amide bonds. The summed E-state index contributed by atoms with van der Waals surface area (Å²) < 4.78 is 10.0. The SMILES string of the molecule is O=C(COC(=O)[C@@H]1CCCO1)Nc1ccc(Cl)cc1Cl. The number of ether oxygens (including phenoxy) is 2. The fourth-order valence-corrected chi connectivity index (χ4v) is 2.23. The summed E-state index contributed by atoms with van der Waals surface area (Å²) in [6, 6.07) is 4.68. The van der Waals surface area contributed by atoms with Crippen molar-refractivity contribution in [1.82, 2.24) is 0 Å². The van der Waals surface area contributed by atoms with Crippen molar-refractivity contribution in [1.29, 1.82) is 0 Å². The number of esters is 1. The van der Waals surface area contributed by atoms with Gasteiger partial charge in [-0.1, -0.05) is 23.2 Å². The summed E-state index contributed by atoms with van der Waals surface area (Å²) in [4.78, 5) is 23.2. The number of amides is 1. The monoisotopic (exact) mass is 317 g/mol. The minimum Gasteiger partial charge on any atom is -0.454 e. The van der Waals surface area contributed by atoms with Gasteiger partial charge >= 0.3 is 5.97 Å². The lowest BCUT2D eigenvalue weighted by molar-refractivity contribution is -0.156. The van der Waals surface area contributed by atoms with Gasteiger partial charge in [0, 0.05) is 11.6 Å². The molecule has 1 saturated heterocycles. The molecule has 1 atom stereocenters. The minimum absolute atomic E-state index is 0.316. The van der Waals surface area contributed by atoms with Gasteiger partial charge in [-0.3, -0.25) is 4.79 Å². The number of hydrogen-bond acceptors (Lipinski definition) is 4. The van der Waals surface area contributed by atoms with Crippen molar-refractivity contribution in [2.45, 2.75) is 18.9 Å². The van der Waals surface area contributed by atoms with Crippen LogP contribution in [-0.2, 0) is 19.1 Å². The third kappa shape index (κ3) is 4.10. The van der Waals surface area contributed by atoms with E-state index in [2.05, 4.69) is 5.32 Å². The van der Waals surface area contributed by atoms with Gasteiger partial charge in [-0.25, -0.2) is 4.79 Å². The Morgan fingerprint density at radius 3 is 2.85 bits per heavy atom. The number of halogens is 2. The molecule has 0 bridgehead atoms. The molecule has 1 aliphatic rings. The molecule has 108 valence electrons. The molecule has 1 aromatic carbocycles. The van der Waals surface area contributed by atoms with Crippen LogP contribution in [0.3, 0.4) is 0 Å². The van der Waals surface area contributed by atoms with Crippen LogP contribution in [0.25, 0.3) is 0 Å². The minimum atomic E-state index is -0.554. The maximum Gasteiger partial charge on any atom is 0.335 e. The van der Waals surface area contributed by atoms with Gasteiger partial charge in [0.15, 0.2) is 12.7 Å². The number of rotatable bonds is 4. The molecular weight excluding hydrogens is 305 g/mol. The molecule has 0 aromatic heterocycles. The van der Waals surface area contributed by atoms with E-state index >= 15 is 0 Å². The van der Waals surface area contributed by atoms with Crippen LogP contribution < -0.4 is 5.32 Å². The van der Waals surface area contributed by atoms with Crippen LogP contribution in [-0.4, -0.2) is 31.2 Å². The van der Waals surface area contributed by atoms with E-state index in [0.717, 1.165) is 6.42 Å². The molecule has 0 radical (unpaired) electrons. The first kappa shape index (κ1) is 15.1. The standard InChI is InChI=1S/C13H13Cl2NO4/c14-8-3-4-10(9(15)6-8)16-12(17)7-20-13(18)11-2-1-5-19-11/h3-4,6,11H,1-2,5,7H2,(H,16,17)/t11-/m0/s1. The van der Waals surface area contributed by atoms with Gasteiger partial charge in [0.1, 0.15) is 0 Å². The molecule has 5 nitrogen and oxygen atoms in total. The smallest absolute Gasteiger partial charge is 0.335 e. The van der Waals surface area contributed by atoms with Crippen molar-refractivity contribution in [2.24, 2.45) is 0 Å². The van der Waals surface area contributed by atoms with Crippen LogP contribution in [0, 0.1) is 0 Å². The molecule has 7 heteroatoms. The normalized spacial score (nSPS) is 17.8. The molecule has 0 saturated carbocycles. The van der Waals surface area contributed by atoms with Crippen LogP contribution in [0.1, 0.15) is 12.8 Å². The maximum atomic E-state index is 11.6. The van der Waals surface area contributed by atoms with Crippen molar-refractivity contribution in [2.75, 3.05) is 18.5 Å². The third-order valence-corrected chi connectivity index (χ3v) is 3.29. The Hall–Kier alpha value is -1.30. The Balaban J connectivity index is 1.81. The van der Waals surface area contributed by atoms with Crippen LogP contribution in [0.5, 0.6) is 0 Å². The highest BCUT2D eigenvalue weighted by Crippen LogP contribution is 2.25. The molecule has 1 aromatic rings. The van der Waals surface area contributed by atoms with Gasteiger partial charge in [0.2, 0.25) is 0 Å². The van der Waals surface area contributed by atoms with E-state index in [1.54, 1.807) is 12.1 Å². The lowest BCUT2D eigenvalue weighted by Crippen LogP contribution is -2.27. The van der Waals surface area contributed by atoms with Crippen molar-refractivity contribution in [3.8, 4) is 0 Å². The average molecular weight is 318 g/mol. The van der Waals surface area contributed by atoms with Gasteiger partial charge in [-0.05, 0) is 31.0 Å². The van der Waals surface area contributed by atoms with E-state index in [1.807, 2.05) is 0 Å². The molecule has 0 aliphatic carbocycles. The molecule has 0 spiro atoms. The van der Waals surface area contributed by atoms with Crippen LogP contribution in [0.15, 0.2) is 18.2 Å². The number of anilines is 1. The first-order chi connectivity index (χ1) is 9.56. The average Bonchev–Trinajstić information content (AvgIpc) is 2.93. The Kier molecular flexibility index (Phi) is 5.23. The van der Waals surface area contributed by atoms with E-state index < -0.39 is 18.0 Å². The summed E-state index contributed by atoms with van der Waals surface area (Å²) >= 11 is 11.7.